The van der Waals surface area contributed by atoms with Gasteiger partial charge in [-0.3, -0.25) is 0 Å². The molecule has 1 amide bonds. The number of piperidine rings is 2. The van der Waals surface area contributed by atoms with Crippen molar-refractivity contribution in [2.45, 2.75) is 63.3 Å². The Labute approximate surface area is 171 Å². The molecule has 2 atom stereocenters. The minimum absolute atomic E-state index is 0.0303. The van der Waals surface area contributed by atoms with Crippen LogP contribution in [0.4, 0.5) is 4.79 Å². The second kappa shape index (κ2) is 8.03. The van der Waals surface area contributed by atoms with Gasteiger partial charge in [-0.2, -0.15) is 0 Å². The molecule has 0 saturated carbocycles. The zero-order valence-corrected chi connectivity index (χ0v) is 17.0. The third-order valence-corrected chi connectivity index (χ3v) is 6.19. The fourth-order valence-corrected chi connectivity index (χ4v) is 4.88. The van der Waals surface area contributed by atoms with Crippen molar-refractivity contribution in [1.82, 2.24) is 9.88 Å². The molecule has 1 N–H and O–H groups in total. The molecule has 2 fully saturated rings. The minimum Gasteiger partial charge on any atom is -0.481 e. The van der Waals surface area contributed by atoms with Crippen LogP contribution in [0.25, 0.3) is 0 Å². The Morgan fingerprint density at radius 1 is 1.17 bits per heavy atom. The van der Waals surface area contributed by atoms with Crippen LogP contribution in [-0.4, -0.2) is 40.3 Å². The van der Waals surface area contributed by atoms with Crippen molar-refractivity contribution < 1.29 is 19.4 Å². The minimum atomic E-state index is -0.991. The van der Waals surface area contributed by atoms with Gasteiger partial charge in [0.1, 0.15) is 6.61 Å². The van der Waals surface area contributed by atoms with Gasteiger partial charge in [-0.05, 0) is 37.8 Å². The molecular weight excluding hydrogens is 368 g/mol. The Morgan fingerprint density at radius 2 is 1.86 bits per heavy atom. The number of aromatic nitrogens is 1. The fraction of sp³-hybridized carbons (Fsp3) is 0.478. The molecule has 2 saturated heterocycles. The number of ether oxygens (including phenoxy) is 2. The lowest BCUT2D eigenvalue weighted by molar-refractivity contribution is -0.0901. The van der Waals surface area contributed by atoms with Gasteiger partial charge in [0, 0.05) is 42.2 Å². The Morgan fingerprint density at radius 3 is 2.48 bits per heavy atom. The van der Waals surface area contributed by atoms with Gasteiger partial charge in [0.25, 0.3) is 0 Å². The van der Waals surface area contributed by atoms with Gasteiger partial charge in [-0.25, -0.2) is 9.78 Å². The van der Waals surface area contributed by atoms with Crippen molar-refractivity contribution in [3.05, 3.63) is 59.3 Å². The normalized spacial score (nSPS) is 26.1. The molecule has 2 bridgehead atoms. The lowest BCUT2D eigenvalue weighted by Crippen LogP contribution is -2.59. The average Bonchev–Trinajstić information content (AvgIpc) is 2.72. The molecule has 1 aromatic heterocycles. The summed E-state index contributed by atoms with van der Waals surface area (Å²) in [5.41, 5.74) is 1.58. The summed E-state index contributed by atoms with van der Waals surface area (Å²) in [5, 5.41) is 11.5. The lowest BCUT2D eigenvalue weighted by atomic mass is 9.72. The molecule has 2 aliphatic rings. The quantitative estimate of drug-likeness (QED) is 0.848. The summed E-state index contributed by atoms with van der Waals surface area (Å²) >= 11 is 0. The summed E-state index contributed by atoms with van der Waals surface area (Å²) in [4.78, 5) is 19.2. The van der Waals surface area contributed by atoms with Crippen molar-refractivity contribution in [2.75, 3.05) is 7.11 Å². The first-order valence-corrected chi connectivity index (χ1v) is 10.2. The van der Waals surface area contributed by atoms with Crippen LogP contribution < -0.4 is 4.74 Å². The number of hydrogen-bond acceptors (Lipinski definition) is 5. The van der Waals surface area contributed by atoms with Crippen molar-refractivity contribution in [1.29, 1.82) is 0 Å². The number of nitrogens with zero attached hydrogens (tertiary/aromatic N) is 2. The molecule has 6 nitrogen and oxygen atoms in total. The number of aliphatic hydroxyl groups is 1. The van der Waals surface area contributed by atoms with Crippen LogP contribution >= 0.6 is 0 Å². The zero-order valence-electron chi connectivity index (χ0n) is 17.0. The number of amides is 1. The van der Waals surface area contributed by atoms with E-state index in [2.05, 4.69) is 4.98 Å². The molecule has 0 spiro atoms. The number of carbonyl (C=O) groups excluding carboxylic acids is 1. The largest absolute Gasteiger partial charge is 0.481 e. The number of pyridine rings is 1. The molecular formula is C23H28N2O4. The van der Waals surface area contributed by atoms with Gasteiger partial charge >= 0.3 is 6.09 Å². The van der Waals surface area contributed by atoms with Crippen LogP contribution in [0.2, 0.25) is 0 Å². The number of hydrogen-bond donors (Lipinski definition) is 1. The summed E-state index contributed by atoms with van der Waals surface area (Å²) in [5.74, 6) is 0.539. The first kappa shape index (κ1) is 19.7. The van der Waals surface area contributed by atoms with Crippen LogP contribution in [0.3, 0.4) is 0 Å². The summed E-state index contributed by atoms with van der Waals surface area (Å²) in [6, 6.07) is 13.3. The molecule has 6 heteroatoms. The topological polar surface area (TPSA) is 71.9 Å². The van der Waals surface area contributed by atoms with Gasteiger partial charge in [0.2, 0.25) is 5.88 Å². The average molecular weight is 396 g/mol. The Bertz CT molecular complexity index is 856. The highest BCUT2D eigenvalue weighted by molar-refractivity contribution is 5.69. The van der Waals surface area contributed by atoms with E-state index in [0.29, 0.717) is 18.7 Å². The van der Waals surface area contributed by atoms with E-state index in [1.54, 1.807) is 13.2 Å². The fourth-order valence-electron chi connectivity index (χ4n) is 4.88. The maximum absolute atomic E-state index is 12.9. The SMILES string of the molecule is COc1ccc(C2(O)CC3CCCC(C2)N3C(=O)OCc2ccccc2)c(C)n1. The lowest BCUT2D eigenvalue weighted by Gasteiger charge is -2.51. The third kappa shape index (κ3) is 3.94. The Kier molecular flexibility index (Phi) is 5.46. The van der Waals surface area contributed by atoms with Crippen LogP contribution in [0, 0.1) is 6.92 Å². The van der Waals surface area contributed by atoms with Crippen molar-refractivity contribution in [3.63, 3.8) is 0 Å². The maximum Gasteiger partial charge on any atom is 0.410 e. The van der Waals surface area contributed by atoms with Crippen LogP contribution in [0.1, 0.15) is 48.9 Å². The highest BCUT2D eigenvalue weighted by atomic mass is 16.6. The molecule has 1 aromatic carbocycles. The molecule has 2 aromatic rings. The number of aryl methyl sites for hydroxylation is 1. The molecule has 0 aliphatic carbocycles. The van der Waals surface area contributed by atoms with Gasteiger partial charge in [0.15, 0.2) is 0 Å². The van der Waals surface area contributed by atoms with Crippen molar-refractivity contribution in [2.24, 2.45) is 0 Å². The number of methoxy groups -OCH3 is 1. The summed E-state index contributed by atoms with van der Waals surface area (Å²) in [6.07, 6.45) is 3.53. The highest BCUT2D eigenvalue weighted by Gasteiger charge is 2.49. The molecule has 2 unspecified atom stereocenters. The number of carbonyl (C=O) groups is 1. The van der Waals surface area contributed by atoms with Gasteiger partial charge < -0.3 is 19.5 Å². The number of benzene rings is 1. The predicted molar refractivity (Wildman–Crippen MR) is 109 cm³/mol. The van der Waals surface area contributed by atoms with Crippen LogP contribution in [-0.2, 0) is 16.9 Å². The maximum atomic E-state index is 12.9. The predicted octanol–water partition coefficient (Wildman–Crippen LogP) is 3.94. The van der Waals surface area contributed by atoms with E-state index in [4.69, 9.17) is 9.47 Å². The standard InChI is InChI=1S/C23H28N2O4/c1-16-20(11-12-21(24-16)28-2)23(27)13-18-9-6-10-19(14-23)25(18)22(26)29-15-17-7-4-3-5-8-17/h3-5,7-8,11-12,18-19,27H,6,9-10,13-15H2,1-2H3. The van der Waals surface area contributed by atoms with E-state index in [1.807, 2.05) is 48.2 Å². The van der Waals surface area contributed by atoms with Crippen LogP contribution in [0.5, 0.6) is 5.88 Å². The monoisotopic (exact) mass is 396 g/mol. The van der Waals surface area contributed by atoms with Gasteiger partial charge in [-0.15, -0.1) is 0 Å². The van der Waals surface area contributed by atoms with Gasteiger partial charge in [-0.1, -0.05) is 30.3 Å². The van der Waals surface area contributed by atoms with Crippen molar-refractivity contribution in [3.8, 4) is 5.88 Å². The first-order valence-electron chi connectivity index (χ1n) is 10.2. The Balaban J connectivity index is 1.50. The molecule has 154 valence electrons. The summed E-state index contributed by atoms with van der Waals surface area (Å²) in [6.45, 7) is 2.16. The number of rotatable bonds is 4. The highest BCUT2D eigenvalue weighted by Crippen LogP contribution is 2.45. The molecule has 4 rings (SSSR count). The van der Waals surface area contributed by atoms with Gasteiger partial charge in [0.05, 0.1) is 12.7 Å². The molecule has 0 radical (unpaired) electrons. The van der Waals surface area contributed by atoms with Crippen molar-refractivity contribution >= 4 is 6.09 Å². The smallest absolute Gasteiger partial charge is 0.410 e. The third-order valence-electron chi connectivity index (χ3n) is 6.19. The van der Waals surface area contributed by atoms with Crippen LogP contribution in [0.15, 0.2) is 42.5 Å². The summed E-state index contributed by atoms with van der Waals surface area (Å²) < 4.78 is 10.8. The van der Waals surface area contributed by atoms with E-state index in [0.717, 1.165) is 36.1 Å². The second-order valence-corrected chi connectivity index (χ2v) is 8.11. The van der Waals surface area contributed by atoms with E-state index in [9.17, 15) is 9.90 Å². The van der Waals surface area contributed by atoms with E-state index >= 15 is 0 Å². The summed E-state index contributed by atoms with van der Waals surface area (Å²) in [7, 11) is 1.58. The zero-order chi connectivity index (χ0) is 20.4. The molecule has 29 heavy (non-hydrogen) atoms. The van der Waals surface area contributed by atoms with E-state index in [-0.39, 0.29) is 24.8 Å². The molecule has 3 heterocycles. The van der Waals surface area contributed by atoms with E-state index < -0.39 is 5.60 Å². The Hall–Kier alpha value is -2.60. The second-order valence-electron chi connectivity index (χ2n) is 8.11. The first-order chi connectivity index (χ1) is 14.0. The van der Waals surface area contributed by atoms with E-state index in [1.165, 1.54) is 0 Å². The molecule has 2 aliphatic heterocycles. The number of fused-ring (bicyclic) bond motifs is 2.